The zero-order chi connectivity index (χ0) is 16.8. The van der Waals surface area contributed by atoms with Crippen molar-refractivity contribution >= 4 is 11.8 Å². The summed E-state index contributed by atoms with van der Waals surface area (Å²) in [6, 6.07) is 7.70. The Morgan fingerprint density at radius 2 is 1.91 bits per heavy atom. The first-order chi connectivity index (χ1) is 11.0. The van der Waals surface area contributed by atoms with Gasteiger partial charge in [0.1, 0.15) is 6.61 Å². The van der Waals surface area contributed by atoms with Crippen LogP contribution in [0.2, 0.25) is 0 Å². The third-order valence-corrected chi connectivity index (χ3v) is 4.11. The molecule has 1 aliphatic rings. The van der Waals surface area contributed by atoms with Crippen molar-refractivity contribution in [2.45, 2.75) is 45.8 Å². The molecule has 1 fully saturated rings. The summed E-state index contributed by atoms with van der Waals surface area (Å²) in [5.41, 5.74) is 1.69. The van der Waals surface area contributed by atoms with Gasteiger partial charge < -0.3 is 15.0 Å². The lowest BCUT2D eigenvalue weighted by atomic mass is 10.0. The van der Waals surface area contributed by atoms with E-state index in [1.807, 2.05) is 49.9 Å². The van der Waals surface area contributed by atoms with Gasteiger partial charge in [-0.15, -0.1) is 0 Å². The lowest BCUT2D eigenvalue weighted by molar-refractivity contribution is -0.138. The van der Waals surface area contributed by atoms with Crippen molar-refractivity contribution < 1.29 is 14.3 Å². The molecule has 1 aliphatic heterocycles. The summed E-state index contributed by atoms with van der Waals surface area (Å²) in [6.07, 6.45) is 1.63. The lowest BCUT2D eigenvalue weighted by Gasteiger charge is -2.32. The van der Waals surface area contributed by atoms with Gasteiger partial charge in [0, 0.05) is 24.7 Å². The monoisotopic (exact) mass is 318 g/mol. The van der Waals surface area contributed by atoms with Gasteiger partial charge in [0.25, 0.3) is 5.91 Å². The predicted octanol–water partition coefficient (Wildman–Crippen LogP) is 2.14. The van der Waals surface area contributed by atoms with Gasteiger partial charge in [-0.2, -0.15) is 0 Å². The fourth-order valence-corrected chi connectivity index (χ4v) is 2.69. The van der Waals surface area contributed by atoms with Gasteiger partial charge >= 0.3 is 0 Å². The van der Waals surface area contributed by atoms with Crippen molar-refractivity contribution in [3.05, 3.63) is 35.4 Å². The Bertz CT molecular complexity index is 549. The number of nitrogens with one attached hydrogen (secondary N) is 1. The Kier molecular flexibility index (Phi) is 6.16. The van der Waals surface area contributed by atoms with Crippen molar-refractivity contribution in [2.75, 3.05) is 19.7 Å². The van der Waals surface area contributed by atoms with E-state index in [4.69, 9.17) is 4.74 Å². The number of aryl methyl sites for hydroxylation is 1. The second-order valence-electron chi connectivity index (χ2n) is 6.30. The van der Waals surface area contributed by atoms with Crippen LogP contribution in [0.5, 0.6) is 0 Å². The standard InChI is InChI=1S/C18H26N2O3/c1-13(2)23-12-17(21)20-10-8-15(9-11-20)19-18(22)16-7-5-4-6-14(16)3/h4-7,13,15H,8-12H2,1-3H3,(H,19,22). The molecule has 1 aromatic rings. The largest absolute Gasteiger partial charge is 0.369 e. The number of benzene rings is 1. The average Bonchev–Trinajstić information content (AvgIpc) is 2.53. The number of carbonyl (C=O) groups is 2. The highest BCUT2D eigenvalue weighted by atomic mass is 16.5. The number of hydrogen-bond donors (Lipinski definition) is 1. The van der Waals surface area contributed by atoms with Crippen molar-refractivity contribution in [3.63, 3.8) is 0 Å². The molecule has 0 radical (unpaired) electrons. The molecule has 0 bridgehead atoms. The molecule has 0 aromatic heterocycles. The van der Waals surface area contributed by atoms with Gasteiger partial charge in [-0.1, -0.05) is 18.2 Å². The highest BCUT2D eigenvalue weighted by molar-refractivity contribution is 5.95. The van der Waals surface area contributed by atoms with Crippen LogP contribution in [0.25, 0.3) is 0 Å². The van der Waals surface area contributed by atoms with Crippen LogP contribution in [0.3, 0.4) is 0 Å². The molecular weight excluding hydrogens is 292 g/mol. The molecule has 0 atom stereocenters. The fourth-order valence-electron chi connectivity index (χ4n) is 2.69. The molecule has 5 nitrogen and oxygen atoms in total. The summed E-state index contributed by atoms with van der Waals surface area (Å²) in [5, 5.41) is 3.08. The topological polar surface area (TPSA) is 58.6 Å². The number of likely N-dealkylation sites (tertiary alicyclic amines) is 1. The maximum absolute atomic E-state index is 12.3. The number of amides is 2. The van der Waals surface area contributed by atoms with Crippen LogP contribution >= 0.6 is 0 Å². The maximum atomic E-state index is 12.3. The zero-order valence-electron chi connectivity index (χ0n) is 14.2. The highest BCUT2D eigenvalue weighted by Gasteiger charge is 2.24. The third kappa shape index (κ3) is 5.06. The van der Waals surface area contributed by atoms with E-state index >= 15 is 0 Å². The molecule has 0 spiro atoms. The molecule has 0 aliphatic carbocycles. The van der Waals surface area contributed by atoms with Crippen LogP contribution in [0, 0.1) is 6.92 Å². The molecule has 126 valence electrons. The van der Waals surface area contributed by atoms with E-state index < -0.39 is 0 Å². The summed E-state index contributed by atoms with van der Waals surface area (Å²) in [5.74, 6) is -0.00148. The number of rotatable bonds is 5. The minimum atomic E-state index is -0.0315. The van der Waals surface area contributed by atoms with E-state index in [2.05, 4.69) is 5.32 Å². The van der Waals surface area contributed by atoms with Crippen LogP contribution in [-0.2, 0) is 9.53 Å². The normalized spacial score (nSPS) is 15.7. The Labute approximate surface area is 138 Å². The van der Waals surface area contributed by atoms with E-state index in [1.54, 1.807) is 0 Å². The van der Waals surface area contributed by atoms with Crippen LogP contribution in [0.15, 0.2) is 24.3 Å². The van der Waals surface area contributed by atoms with E-state index in [-0.39, 0.29) is 30.6 Å². The van der Waals surface area contributed by atoms with Crippen molar-refractivity contribution in [2.24, 2.45) is 0 Å². The molecule has 0 unspecified atom stereocenters. The highest BCUT2D eigenvalue weighted by Crippen LogP contribution is 2.13. The van der Waals surface area contributed by atoms with E-state index in [0.717, 1.165) is 24.0 Å². The summed E-state index contributed by atoms with van der Waals surface area (Å²) in [6.45, 7) is 7.24. The Balaban J connectivity index is 1.80. The minimum Gasteiger partial charge on any atom is -0.369 e. The van der Waals surface area contributed by atoms with Crippen molar-refractivity contribution in [3.8, 4) is 0 Å². The first kappa shape index (κ1) is 17.5. The smallest absolute Gasteiger partial charge is 0.251 e. The molecule has 0 saturated carbocycles. The molecule has 1 aromatic carbocycles. The molecule has 1 N–H and O–H groups in total. The predicted molar refractivity (Wildman–Crippen MR) is 89.3 cm³/mol. The van der Waals surface area contributed by atoms with Gasteiger partial charge in [-0.25, -0.2) is 0 Å². The quantitative estimate of drug-likeness (QED) is 0.905. The van der Waals surface area contributed by atoms with Crippen LogP contribution < -0.4 is 5.32 Å². The van der Waals surface area contributed by atoms with E-state index in [1.165, 1.54) is 0 Å². The number of carbonyl (C=O) groups excluding carboxylic acids is 2. The molecule has 5 heteroatoms. The molecule has 1 heterocycles. The summed E-state index contributed by atoms with van der Waals surface area (Å²) in [7, 11) is 0. The molecule has 2 rings (SSSR count). The molecule has 2 amide bonds. The zero-order valence-corrected chi connectivity index (χ0v) is 14.2. The van der Waals surface area contributed by atoms with Crippen LogP contribution in [0.1, 0.15) is 42.6 Å². The van der Waals surface area contributed by atoms with Gasteiger partial charge in [-0.05, 0) is 45.2 Å². The number of nitrogens with zero attached hydrogens (tertiary/aromatic N) is 1. The molecular formula is C18H26N2O3. The van der Waals surface area contributed by atoms with Gasteiger partial charge in [0.05, 0.1) is 6.10 Å². The first-order valence-corrected chi connectivity index (χ1v) is 8.23. The third-order valence-electron chi connectivity index (χ3n) is 4.11. The number of piperidine rings is 1. The average molecular weight is 318 g/mol. The molecule has 1 saturated heterocycles. The second-order valence-corrected chi connectivity index (χ2v) is 6.30. The Morgan fingerprint density at radius 3 is 2.52 bits per heavy atom. The summed E-state index contributed by atoms with van der Waals surface area (Å²) >= 11 is 0. The summed E-state index contributed by atoms with van der Waals surface area (Å²) in [4.78, 5) is 26.1. The summed E-state index contributed by atoms with van der Waals surface area (Å²) < 4.78 is 5.36. The SMILES string of the molecule is Cc1ccccc1C(=O)NC1CCN(C(=O)COC(C)C)CC1. The van der Waals surface area contributed by atoms with E-state index in [0.29, 0.717) is 13.1 Å². The molecule has 23 heavy (non-hydrogen) atoms. The van der Waals surface area contributed by atoms with Crippen LogP contribution in [0.4, 0.5) is 0 Å². The lowest BCUT2D eigenvalue weighted by Crippen LogP contribution is -2.47. The number of ether oxygens (including phenoxy) is 1. The Morgan fingerprint density at radius 1 is 1.26 bits per heavy atom. The van der Waals surface area contributed by atoms with Gasteiger partial charge in [0.2, 0.25) is 5.91 Å². The van der Waals surface area contributed by atoms with Gasteiger partial charge in [-0.3, -0.25) is 9.59 Å². The second kappa shape index (κ2) is 8.11. The van der Waals surface area contributed by atoms with Crippen molar-refractivity contribution in [1.82, 2.24) is 10.2 Å². The van der Waals surface area contributed by atoms with Crippen molar-refractivity contribution in [1.29, 1.82) is 0 Å². The number of hydrogen-bond acceptors (Lipinski definition) is 3. The maximum Gasteiger partial charge on any atom is 0.251 e. The van der Waals surface area contributed by atoms with Gasteiger partial charge in [0.15, 0.2) is 0 Å². The fraction of sp³-hybridized carbons (Fsp3) is 0.556. The first-order valence-electron chi connectivity index (χ1n) is 8.23. The minimum absolute atomic E-state index is 0.0300. The Hall–Kier alpha value is -1.88. The van der Waals surface area contributed by atoms with Crippen LogP contribution in [-0.4, -0.2) is 48.6 Å². The van der Waals surface area contributed by atoms with E-state index in [9.17, 15) is 9.59 Å².